The second-order valence-corrected chi connectivity index (χ2v) is 17.5. The monoisotopic (exact) mass is 869 g/mol. The summed E-state index contributed by atoms with van der Waals surface area (Å²) in [5.74, 6) is 1.75. The Balaban J connectivity index is 1.52. The minimum absolute atomic E-state index is 0.0627. The number of methoxy groups -OCH3 is 2. The van der Waals surface area contributed by atoms with Gasteiger partial charge >= 0.3 is 5.69 Å². The van der Waals surface area contributed by atoms with Gasteiger partial charge in [0.05, 0.1) is 40.6 Å². The third-order valence-electron chi connectivity index (χ3n) is 9.86. The second kappa shape index (κ2) is 22.3. The van der Waals surface area contributed by atoms with E-state index in [9.17, 15) is 14.4 Å². The number of benzene rings is 3. The van der Waals surface area contributed by atoms with Crippen molar-refractivity contribution in [2.24, 2.45) is 5.92 Å². The van der Waals surface area contributed by atoms with Crippen LogP contribution in [0, 0.1) is 5.92 Å². The fourth-order valence-electron chi connectivity index (χ4n) is 6.96. The Kier molecular flexibility index (Phi) is 17.5. The normalized spacial score (nSPS) is 18.8. The van der Waals surface area contributed by atoms with Gasteiger partial charge in [0.2, 0.25) is 0 Å². The molecule has 13 nitrogen and oxygen atoms in total. The Morgan fingerprint density at radius 2 is 1.43 bits per heavy atom. The predicted octanol–water partition coefficient (Wildman–Crippen LogP) is 7.48. The molecule has 4 aromatic rings. The lowest BCUT2D eigenvalue weighted by Gasteiger charge is -2.39. The highest BCUT2D eigenvalue weighted by Gasteiger charge is 2.51. The maximum absolute atomic E-state index is 17.2. The minimum Gasteiger partial charge on any atom is -0.497 e. The van der Waals surface area contributed by atoms with E-state index in [0.29, 0.717) is 23.9 Å². The number of carbonyl (C=O) groups is 1. The highest BCUT2D eigenvalue weighted by Crippen LogP contribution is 2.51. The maximum atomic E-state index is 17.2. The number of alkyl halides is 1. The van der Waals surface area contributed by atoms with E-state index in [1.165, 1.54) is 18.0 Å². The molecule has 0 saturated carbocycles. The van der Waals surface area contributed by atoms with Crippen LogP contribution in [-0.2, 0) is 33.7 Å². The Bertz CT molecular complexity index is 2000. The Labute approximate surface area is 356 Å². The van der Waals surface area contributed by atoms with Gasteiger partial charge in [0.15, 0.2) is 17.5 Å². The van der Waals surface area contributed by atoms with Gasteiger partial charge in [0, 0.05) is 36.0 Å². The van der Waals surface area contributed by atoms with Crippen LogP contribution in [0.1, 0.15) is 64.5 Å². The topological polar surface area (TPSA) is 140 Å². The van der Waals surface area contributed by atoms with Crippen molar-refractivity contribution in [2.75, 3.05) is 46.4 Å². The molecule has 60 heavy (non-hydrogen) atoms. The molecule has 1 fully saturated rings. The zero-order valence-corrected chi connectivity index (χ0v) is 37.2. The van der Waals surface area contributed by atoms with E-state index >= 15 is 4.39 Å². The number of hydrogen-bond acceptors (Lipinski definition) is 12. The first-order valence-corrected chi connectivity index (χ1v) is 22.1. The molecule has 1 unspecified atom stereocenters. The standard InChI is InChI=1S/C44H57FN3O10PS/c1-29(2)42(50)60-27-26-54-24-25-56-59(48(30(3)4)31(5)6)58-40-37(57-41(39(40)45)47-23-22-38(49)46-43(47)51)28-55-44(32-12-10-9-11-13-32,33-14-18-35(52-7)19-15-33)34-16-20-36(53-8)21-17-34/h9-23,29-31,37,39-41H,24-28H2,1-8H3,(H,46,49,51)/t37-,39-,40-,41-,59?/m1/s1. The molecular weight excluding hydrogens is 813 g/mol. The number of halogens is 1. The van der Waals surface area contributed by atoms with Crippen LogP contribution < -0.4 is 20.7 Å². The average Bonchev–Trinajstić information content (AvgIpc) is 3.54. The summed E-state index contributed by atoms with van der Waals surface area (Å²) in [5, 5.41) is 0.103. The van der Waals surface area contributed by atoms with Gasteiger partial charge in [-0.15, -0.1) is 0 Å². The fourth-order valence-corrected chi connectivity index (χ4v) is 9.44. The van der Waals surface area contributed by atoms with Gasteiger partial charge in [-0.3, -0.25) is 19.1 Å². The van der Waals surface area contributed by atoms with Crippen LogP contribution in [0.4, 0.5) is 4.39 Å². The van der Waals surface area contributed by atoms with Gasteiger partial charge in [0.1, 0.15) is 29.3 Å². The maximum Gasteiger partial charge on any atom is 0.330 e. The van der Waals surface area contributed by atoms with Crippen molar-refractivity contribution < 1.29 is 41.9 Å². The molecule has 1 aliphatic heterocycles. The van der Waals surface area contributed by atoms with Crippen molar-refractivity contribution in [2.45, 2.75) is 83.8 Å². The summed E-state index contributed by atoms with van der Waals surface area (Å²) >= 11 is 1.23. The van der Waals surface area contributed by atoms with Crippen LogP contribution in [0.2, 0.25) is 0 Å². The van der Waals surface area contributed by atoms with Crippen molar-refractivity contribution >= 4 is 25.4 Å². The quantitative estimate of drug-likeness (QED) is 0.0476. The summed E-state index contributed by atoms with van der Waals surface area (Å²) in [6.07, 6.45) is -4.57. The van der Waals surface area contributed by atoms with Crippen molar-refractivity contribution in [1.82, 2.24) is 14.2 Å². The molecule has 1 N–H and O–H groups in total. The Morgan fingerprint density at radius 3 is 1.97 bits per heavy atom. The summed E-state index contributed by atoms with van der Waals surface area (Å²) in [7, 11) is 1.24. The lowest BCUT2D eigenvalue weighted by atomic mass is 9.80. The molecule has 2 heterocycles. The third kappa shape index (κ3) is 11.5. The Hall–Kier alpha value is -3.92. The van der Waals surface area contributed by atoms with E-state index < -0.39 is 50.0 Å². The number of hydrogen-bond donors (Lipinski definition) is 1. The van der Waals surface area contributed by atoms with Gasteiger partial charge in [-0.1, -0.05) is 80.2 Å². The van der Waals surface area contributed by atoms with E-state index in [1.54, 1.807) is 14.2 Å². The summed E-state index contributed by atoms with van der Waals surface area (Å²) in [5.41, 5.74) is -0.444. The number of rotatable bonds is 22. The molecule has 5 atom stereocenters. The van der Waals surface area contributed by atoms with Gasteiger partial charge in [-0.25, -0.2) is 13.9 Å². The van der Waals surface area contributed by atoms with Crippen molar-refractivity contribution in [3.63, 3.8) is 0 Å². The highest BCUT2D eigenvalue weighted by molar-refractivity contribution is 8.13. The summed E-state index contributed by atoms with van der Waals surface area (Å²) in [4.78, 5) is 39.4. The molecule has 0 amide bonds. The molecule has 3 aromatic carbocycles. The summed E-state index contributed by atoms with van der Waals surface area (Å²) in [6.45, 7) is 12.2. The molecule has 0 bridgehead atoms. The van der Waals surface area contributed by atoms with Crippen molar-refractivity contribution in [3.05, 3.63) is 129 Å². The highest BCUT2D eigenvalue weighted by atomic mass is 32.2. The molecule has 326 valence electrons. The first-order chi connectivity index (χ1) is 28.8. The lowest BCUT2D eigenvalue weighted by Crippen LogP contribution is -2.41. The molecule has 16 heteroatoms. The first kappa shape index (κ1) is 47.1. The number of nitrogens with one attached hydrogen (secondary N) is 1. The second-order valence-electron chi connectivity index (χ2n) is 15.0. The first-order valence-electron chi connectivity index (χ1n) is 20.0. The van der Waals surface area contributed by atoms with E-state index in [2.05, 4.69) is 4.98 Å². The van der Waals surface area contributed by atoms with E-state index in [1.807, 2.05) is 125 Å². The third-order valence-corrected chi connectivity index (χ3v) is 13.1. The number of ether oxygens (including phenoxy) is 5. The molecule has 5 rings (SSSR count). The van der Waals surface area contributed by atoms with Crippen molar-refractivity contribution in [3.8, 4) is 11.5 Å². The van der Waals surface area contributed by atoms with Crippen LogP contribution in [-0.4, -0.2) is 96.2 Å². The predicted molar refractivity (Wildman–Crippen MR) is 231 cm³/mol. The van der Waals surface area contributed by atoms with Crippen molar-refractivity contribution in [1.29, 1.82) is 0 Å². The number of nitrogens with zero attached hydrogens (tertiary/aromatic N) is 2. The zero-order chi connectivity index (χ0) is 43.4. The van der Waals surface area contributed by atoms with Crippen LogP contribution in [0.15, 0.2) is 101 Å². The Morgan fingerprint density at radius 1 is 0.850 bits per heavy atom. The van der Waals surface area contributed by atoms with Gasteiger partial charge in [0.25, 0.3) is 14.1 Å². The largest absolute Gasteiger partial charge is 0.497 e. The SMILES string of the molecule is COc1ccc(C(OC[C@H]2O[C@@H](n3ccc(=O)[nH]c3=O)[C@H](F)[C@@H]2OP(OCCOCCSC(=O)C(C)C)N(C(C)C)C(C)C)(c2ccccc2)c2ccc(OC)cc2)cc1. The molecular formula is C44H57FN3O10PS. The van der Waals surface area contributed by atoms with Gasteiger partial charge in [-0.05, 0) is 68.7 Å². The smallest absolute Gasteiger partial charge is 0.330 e. The molecule has 0 spiro atoms. The number of carbonyl (C=O) groups excluding carboxylic acids is 1. The zero-order valence-electron chi connectivity index (χ0n) is 35.4. The fraction of sp³-hybridized carbons (Fsp3) is 0.477. The summed E-state index contributed by atoms with van der Waals surface area (Å²) in [6, 6.07) is 25.7. The average molecular weight is 870 g/mol. The number of H-pyrrole nitrogens is 1. The molecule has 0 aliphatic carbocycles. The van der Waals surface area contributed by atoms with Crippen LogP contribution >= 0.6 is 20.3 Å². The molecule has 1 aromatic heterocycles. The summed E-state index contributed by atoms with van der Waals surface area (Å²) < 4.78 is 63.7. The minimum atomic E-state index is -1.95. The van der Waals surface area contributed by atoms with Gasteiger partial charge < -0.3 is 32.7 Å². The van der Waals surface area contributed by atoms with Crippen LogP contribution in [0.25, 0.3) is 0 Å². The number of thioether (sulfide) groups is 1. The number of aromatic amines is 1. The molecule has 1 aliphatic rings. The van der Waals surface area contributed by atoms with E-state index in [4.69, 9.17) is 32.7 Å². The van der Waals surface area contributed by atoms with Crippen LogP contribution in [0.5, 0.6) is 11.5 Å². The van der Waals surface area contributed by atoms with Gasteiger partial charge in [-0.2, -0.15) is 0 Å². The van der Waals surface area contributed by atoms with E-state index in [0.717, 1.165) is 27.3 Å². The molecule has 0 radical (unpaired) electrons. The van der Waals surface area contributed by atoms with E-state index in [-0.39, 0.29) is 42.9 Å². The van der Waals surface area contributed by atoms with Crippen LogP contribution in [0.3, 0.4) is 0 Å². The molecule has 1 saturated heterocycles. The lowest BCUT2D eigenvalue weighted by molar-refractivity contribution is -0.113. The number of aromatic nitrogens is 2.